The predicted molar refractivity (Wildman–Crippen MR) is 139 cm³/mol. The summed E-state index contributed by atoms with van der Waals surface area (Å²) in [6.07, 6.45) is 1.99. The Labute approximate surface area is 206 Å². The van der Waals surface area contributed by atoms with Crippen molar-refractivity contribution in [1.82, 2.24) is 19.1 Å². The van der Waals surface area contributed by atoms with Crippen LogP contribution in [-0.2, 0) is 20.1 Å². The van der Waals surface area contributed by atoms with Crippen LogP contribution < -0.4 is 21.5 Å². The first-order valence-corrected chi connectivity index (χ1v) is 12.3. The van der Waals surface area contributed by atoms with Gasteiger partial charge in [0.15, 0.2) is 11.2 Å². The van der Waals surface area contributed by atoms with E-state index < -0.39 is 0 Å². The lowest BCUT2D eigenvalue weighted by molar-refractivity contribution is 0.495. The van der Waals surface area contributed by atoms with Crippen molar-refractivity contribution in [2.24, 2.45) is 12.8 Å². The molecule has 0 bridgehead atoms. The van der Waals surface area contributed by atoms with Crippen LogP contribution in [0.5, 0.6) is 0 Å². The number of anilines is 2. The number of aromatic nitrogens is 4. The Balaban J connectivity index is 1.59. The molecule has 1 fully saturated rings. The van der Waals surface area contributed by atoms with Crippen molar-refractivity contribution in [3.8, 4) is 0 Å². The van der Waals surface area contributed by atoms with Crippen LogP contribution in [0, 0.1) is 0 Å². The second-order valence-corrected chi connectivity index (χ2v) is 9.70. The molecule has 1 aliphatic heterocycles. The molecule has 5 rings (SSSR count). The lowest BCUT2D eigenvalue weighted by Gasteiger charge is -2.31. The fourth-order valence-corrected chi connectivity index (χ4v) is 4.93. The van der Waals surface area contributed by atoms with Gasteiger partial charge in [-0.05, 0) is 36.1 Å². The number of halogens is 1. The fraction of sp³-hybridized carbons (Fsp3) is 0.320. The van der Waals surface area contributed by atoms with Crippen molar-refractivity contribution in [1.29, 1.82) is 0 Å². The minimum Gasteiger partial charge on any atom is -0.351 e. The Morgan fingerprint density at radius 1 is 1.12 bits per heavy atom. The summed E-state index contributed by atoms with van der Waals surface area (Å²) >= 11 is 3.55. The van der Waals surface area contributed by atoms with Crippen LogP contribution in [0.25, 0.3) is 11.2 Å². The monoisotopic (exact) mass is 521 g/mol. The molecule has 1 atom stereocenters. The van der Waals surface area contributed by atoms with Crippen LogP contribution in [0.4, 0.5) is 11.9 Å². The average molecular weight is 522 g/mol. The molecule has 1 saturated heterocycles. The van der Waals surface area contributed by atoms with Gasteiger partial charge < -0.3 is 16.0 Å². The van der Waals surface area contributed by atoms with E-state index >= 15 is 0 Å². The van der Waals surface area contributed by atoms with Crippen molar-refractivity contribution in [3.05, 3.63) is 80.6 Å². The van der Waals surface area contributed by atoms with Gasteiger partial charge in [0.25, 0.3) is 5.56 Å². The Hall–Kier alpha value is -3.17. The van der Waals surface area contributed by atoms with Gasteiger partial charge >= 0.3 is 0 Å². The van der Waals surface area contributed by atoms with Gasteiger partial charge in [0.1, 0.15) is 0 Å². The minimum atomic E-state index is -0.129. The Morgan fingerprint density at radius 2 is 1.91 bits per heavy atom. The summed E-state index contributed by atoms with van der Waals surface area (Å²) in [6, 6.07) is 18.2. The van der Waals surface area contributed by atoms with Crippen molar-refractivity contribution < 1.29 is 0 Å². The first-order valence-electron chi connectivity index (χ1n) is 11.5. The summed E-state index contributed by atoms with van der Waals surface area (Å²) in [7, 11) is 1.75. The van der Waals surface area contributed by atoms with Crippen molar-refractivity contribution in [3.63, 3.8) is 0 Å². The largest absolute Gasteiger partial charge is 0.351 e. The number of hydrogen-bond acceptors (Lipinski definition) is 6. The maximum atomic E-state index is 13.6. The third-order valence-electron chi connectivity index (χ3n) is 6.23. The van der Waals surface area contributed by atoms with Crippen molar-refractivity contribution in [2.75, 3.05) is 23.3 Å². The normalized spacial score (nSPS) is 16.2. The average Bonchev–Trinajstić information content (AvgIpc) is 3.19. The second kappa shape index (κ2) is 9.60. The number of fused-ring (bicyclic) bond motifs is 1. The van der Waals surface area contributed by atoms with E-state index in [0.29, 0.717) is 36.7 Å². The number of nitrogens with one attached hydrogen (secondary N) is 1. The van der Waals surface area contributed by atoms with Gasteiger partial charge in [0, 0.05) is 37.2 Å². The Bertz CT molecular complexity index is 1370. The summed E-state index contributed by atoms with van der Waals surface area (Å²) < 4.78 is 4.55. The van der Waals surface area contributed by atoms with E-state index in [1.165, 1.54) is 0 Å². The SMILES string of the molecule is Cn1c(NCc2ccccc2)nc2nc(N3CCCC(N)C3)n(Cc3cccc(Br)c3)c2c1=O. The lowest BCUT2D eigenvalue weighted by Crippen LogP contribution is -2.44. The molecular weight excluding hydrogens is 494 g/mol. The molecule has 9 heteroatoms. The molecule has 0 radical (unpaired) electrons. The third kappa shape index (κ3) is 4.58. The molecule has 0 saturated carbocycles. The molecule has 2 aromatic heterocycles. The molecular formula is C25H28BrN7O. The van der Waals surface area contributed by atoms with E-state index in [4.69, 9.17) is 15.7 Å². The molecule has 34 heavy (non-hydrogen) atoms. The number of imidazole rings is 1. The van der Waals surface area contributed by atoms with Crippen LogP contribution in [0.2, 0.25) is 0 Å². The first-order chi connectivity index (χ1) is 16.5. The van der Waals surface area contributed by atoms with Gasteiger partial charge in [-0.25, -0.2) is 0 Å². The molecule has 2 aromatic carbocycles. The minimum absolute atomic E-state index is 0.0896. The molecule has 0 spiro atoms. The van der Waals surface area contributed by atoms with Gasteiger partial charge in [-0.15, -0.1) is 0 Å². The second-order valence-electron chi connectivity index (χ2n) is 8.79. The molecule has 0 aliphatic carbocycles. The zero-order valence-electron chi connectivity index (χ0n) is 19.1. The van der Waals surface area contributed by atoms with Gasteiger partial charge in [-0.2, -0.15) is 9.97 Å². The summed E-state index contributed by atoms with van der Waals surface area (Å²) in [6.45, 7) is 2.65. The molecule has 1 unspecified atom stereocenters. The highest BCUT2D eigenvalue weighted by Crippen LogP contribution is 2.25. The smallest absolute Gasteiger partial charge is 0.281 e. The van der Waals surface area contributed by atoms with E-state index in [-0.39, 0.29) is 11.6 Å². The topological polar surface area (TPSA) is 94.0 Å². The number of piperidine rings is 1. The number of benzene rings is 2. The van der Waals surface area contributed by atoms with Gasteiger partial charge in [0.05, 0.1) is 6.54 Å². The standard InChI is InChI=1S/C25H28BrN7O/c1-31-23(34)21-22(29-24(31)28-14-17-7-3-2-4-8-17)30-25(32-12-6-11-20(27)16-32)33(21)15-18-9-5-10-19(26)13-18/h2-5,7-10,13,20H,6,11-12,14-16,27H2,1H3,(H,28,29). The van der Waals surface area contributed by atoms with Crippen LogP contribution in [0.15, 0.2) is 63.9 Å². The van der Waals surface area contributed by atoms with Gasteiger partial charge in [-0.3, -0.25) is 13.9 Å². The number of hydrogen-bond donors (Lipinski definition) is 2. The summed E-state index contributed by atoms with van der Waals surface area (Å²) in [5.41, 5.74) is 9.28. The van der Waals surface area contributed by atoms with Crippen LogP contribution >= 0.6 is 15.9 Å². The molecule has 0 amide bonds. The van der Waals surface area contributed by atoms with Crippen LogP contribution in [0.3, 0.4) is 0 Å². The highest BCUT2D eigenvalue weighted by Gasteiger charge is 2.25. The van der Waals surface area contributed by atoms with Gasteiger partial charge in [0.2, 0.25) is 11.9 Å². The highest BCUT2D eigenvalue weighted by atomic mass is 79.9. The fourth-order valence-electron chi connectivity index (χ4n) is 4.48. The van der Waals surface area contributed by atoms with E-state index in [1.807, 2.05) is 47.0 Å². The number of nitrogens with two attached hydrogens (primary N) is 1. The predicted octanol–water partition coefficient (Wildman–Crippen LogP) is 3.48. The quantitative estimate of drug-likeness (QED) is 0.403. The molecule has 3 N–H and O–H groups in total. The maximum Gasteiger partial charge on any atom is 0.281 e. The third-order valence-corrected chi connectivity index (χ3v) is 6.72. The Kier molecular flexibility index (Phi) is 6.38. The van der Waals surface area contributed by atoms with Crippen LogP contribution in [-0.4, -0.2) is 38.2 Å². The van der Waals surface area contributed by atoms with E-state index in [9.17, 15) is 4.79 Å². The van der Waals surface area contributed by atoms with E-state index in [1.54, 1.807) is 11.6 Å². The molecule has 8 nitrogen and oxygen atoms in total. The number of nitrogens with zero attached hydrogens (tertiary/aromatic N) is 5. The van der Waals surface area contributed by atoms with Crippen LogP contribution in [0.1, 0.15) is 24.0 Å². The zero-order valence-corrected chi connectivity index (χ0v) is 20.7. The van der Waals surface area contributed by atoms with Gasteiger partial charge in [-0.1, -0.05) is 58.4 Å². The van der Waals surface area contributed by atoms with Crippen molar-refractivity contribution in [2.45, 2.75) is 32.0 Å². The zero-order chi connectivity index (χ0) is 23.7. The van der Waals surface area contributed by atoms with E-state index in [0.717, 1.165) is 40.9 Å². The molecule has 4 aromatic rings. The van der Waals surface area contributed by atoms with Crippen molar-refractivity contribution >= 4 is 39.0 Å². The molecule has 3 heterocycles. The highest BCUT2D eigenvalue weighted by molar-refractivity contribution is 9.10. The molecule has 1 aliphatic rings. The summed E-state index contributed by atoms with van der Waals surface area (Å²) in [5, 5.41) is 3.30. The van der Waals surface area contributed by atoms with E-state index in [2.05, 4.69) is 38.3 Å². The summed E-state index contributed by atoms with van der Waals surface area (Å²) in [4.78, 5) is 25.4. The lowest BCUT2D eigenvalue weighted by atomic mass is 10.1. The maximum absolute atomic E-state index is 13.6. The Morgan fingerprint density at radius 3 is 2.68 bits per heavy atom. The summed E-state index contributed by atoms with van der Waals surface area (Å²) in [5.74, 6) is 1.24. The molecule has 176 valence electrons. The number of rotatable bonds is 6. The first kappa shape index (κ1) is 22.6.